The summed E-state index contributed by atoms with van der Waals surface area (Å²) in [4.78, 5) is 2.18. The number of benzene rings is 1. The second-order valence-corrected chi connectivity index (χ2v) is 5.33. The average Bonchev–Trinajstić information content (AvgIpc) is 2.90. The van der Waals surface area contributed by atoms with Crippen LogP contribution < -0.4 is 10.1 Å². The average molecular weight is 284 g/mol. The van der Waals surface area contributed by atoms with Crippen LogP contribution in [0, 0.1) is 0 Å². The third-order valence-electron chi connectivity index (χ3n) is 3.92. The van der Waals surface area contributed by atoms with Gasteiger partial charge < -0.3 is 10.1 Å². The molecule has 2 rings (SSSR count). The third kappa shape index (κ3) is 3.90. The number of rotatable bonds is 6. The molecule has 0 radical (unpaired) electrons. The fourth-order valence-electron chi connectivity index (χ4n) is 2.68. The van der Waals surface area contributed by atoms with E-state index >= 15 is 0 Å². The summed E-state index contributed by atoms with van der Waals surface area (Å²) in [6, 6.07) is 7.54. The van der Waals surface area contributed by atoms with E-state index in [0.717, 1.165) is 18.7 Å². The molecular formula is C15H22F2N2O. The van der Waals surface area contributed by atoms with Crippen molar-refractivity contribution < 1.29 is 13.5 Å². The molecule has 2 atom stereocenters. The number of ether oxygens (including phenoxy) is 1. The molecule has 1 heterocycles. The van der Waals surface area contributed by atoms with Crippen LogP contribution in [0.1, 0.15) is 31.4 Å². The van der Waals surface area contributed by atoms with Gasteiger partial charge in [0.25, 0.3) is 0 Å². The highest BCUT2D eigenvalue weighted by atomic mass is 19.3. The van der Waals surface area contributed by atoms with E-state index in [-0.39, 0.29) is 11.8 Å². The zero-order chi connectivity index (χ0) is 14.5. The van der Waals surface area contributed by atoms with Crippen LogP contribution in [0.15, 0.2) is 24.3 Å². The number of alkyl halides is 2. The molecule has 2 unspecified atom stereocenters. The number of nitrogens with one attached hydrogen (secondary N) is 1. The van der Waals surface area contributed by atoms with Gasteiger partial charge in [0.1, 0.15) is 5.75 Å². The lowest BCUT2D eigenvalue weighted by molar-refractivity contribution is -0.0510. The minimum atomic E-state index is -2.79. The summed E-state index contributed by atoms with van der Waals surface area (Å²) in [5.74, 6) is 0.265. The fraction of sp³-hybridized carbons (Fsp3) is 0.600. The monoisotopic (exact) mass is 284 g/mol. The summed E-state index contributed by atoms with van der Waals surface area (Å²) in [6.07, 6.45) is 2.38. The molecule has 1 aromatic rings. The van der Waals surface area contributed by atoms with Crippen LogP contribution in [0.3, 0.4) is 0 Å². The molecule has 1 aliphatic heterocycles. The third-order valence-corrected chi connectivity index (χ3v) is 3.92. The maximum atomic E-state index is 12.4. The SMILES string of the molecule is CC(c1ccccc1OC(F)F)N(C)CC1CCCN1. The quantitative estimate of drug-likeness (QED) is 0.869. The van der Waals surface area contributed by atoms with Gasteiger partial charge in [0.2, 0.25) is 0 Å². The largest absolute Gasteiger partial charge is 0.434 e. The Labute approximate surface area is 118 Å². The van der Waals surface area contributed by atoms with Crippen molar-refractivity contribution in [3.63, 3.8) is 0 Å². The number of hydrogen-bond donors (Lipinski definition) is 1. The zero-order valence-corrected chi connectivity index (χ0v) is 12.0. The number of nitrogens with zero attached hydrogens (tertiary/aromatic N) is 1. The van der Waals surface area contributed by atoms with Gasteiger partial charge in [-0.25, -0.2) is 0 Å². The van der Waals surface area contributed by atoms with Gasteiger partial charge in [-0.05, 0) is 39.4 Å². The van der Waals surface area contributed by atoms with Crippen molar-refractivity contribution in [1.29, 1.82) is 0 Å². The number of para-hydroxylation sites is 1. The summed E-state index contributed by atoms with van der Waals surface area (Å²) in [5.41, 5.74) is 0.799. The Balaban J connectivity index is 2.04. The molecule has 1 saturated heterocycles. The van der Waals surface area contributed by atoms with Crippen LogP contribution in [0.5, 0.6) is 5.75 Å². The molecule has 0 saturated carbocycles. The molecule has 3 nitrogen and oxygen atoms in total. The smallest absolute Gasteiger partial charge is 0.387 e. The van der Waals surface area contributed by atoms with Gasteiger partial charge in [-0.1, -0.05) is 18.2 Å². The van der Waals surface area contributed by atoms with E-state index in [2.05, 4.69) is 15.0 Å². The van der Waals surface area contributed by atoms with E-state index in [1.54, 1.807) is 12.1 Å². The lowest BCUT2D eigenvalue weighted by atomic mass is 10.1. The topological polar surface area (TPSA) is 24.5 Å². The summed E-state index contributed by atoms with van der Waals surface area (Å²) in [5, 5.41) is 3.45. The highest BCUT2D eigenvalue weighted by Crippen LogP contribution is 2.29. The first-order valence-corrected chi connectivity index (χ1v) is 7.05. The molecular weight excluding hydrogens is 262 g/mol. The van der Waals surface area contributed by atoms with Gasteiger partial charge in [0.15, 0.2) is 0 Å². The lowest BCUT2D eigenvalue weighted by Gasteiger charge is -2.29. The first-order chi connectivity index (χ1) is 9.58. The van der Waals surface area contributed by atoms with Crippen molar-refractivity contribution in [2.24, 2.45) is 0 Å². The molecule has 5 heteroatoms. The van der Waals surface area contributed by atoms with Crippen molar-refractivity contribution in [2.75, 3.05) is 20.1 Å². The van der Waals surface area contributed by atoms with Crippen molar-refractivity contribution in [2.45, 2.75) is 38.5 Å². The zero-order valence-electron chi connectivity index (χ0n) is 12.0. The Morgan fingerprint density at radius 1 is 1.40 bits per heavy atom. The normalized spacial score (nSPS) is 20.6. The molecule has 0 aromatic heterocycles. The summed E-state index contributed by atoms with van der Waals surface area (Å²) >= 11 is 0. The first kappa shape index (κ1) is 15.2. The predicted molar refractivity (Wildman–Crippen MR) is 75.1 cm³/mol. The highest BCUT2D eigenvalue weighted by Gasteiger charge is 2.22. The van der Waals surface area contributed by atoms with Gasteiger partial charge in [-0.15, -0.1) is 0 Å². The minimum absolute atomic E-state index is 0.0346. The predicted octanol–water partition coefficient (Wildman–Crippen LogP) is 3.03. The molecule has 1 fully saturated rings. The molecule has 0 bridgehead atoms. The molecule has 0 spiro atoms. The maximum Gasteiger partial charge on any atom is 0.387 e. The van der Waals surface area contributed by atoms with Gasteiger partial charge in [-0.3, -0.25) is 4.90 Å². The van der Waals surface area contributed by atoms with Crippen molar-refractivity contribution in [3.8, 4) is 5.75 Å². The molecule has 1 aromatic carbocycles. The first-order valence-electron chi connectivity index (χ1n) is 7.05. The Bertz CT molecular complexity index is 422. The Kier molecular flexibility index (Phi) is 5.31. The van der Waals surface area contributed by atoms with E-state index < -0.39 is 6.61 Å². The lowest BCUT2D eigenvalue weighted by Crippen LogP contribution is -2.36. The van der Waals surface area contributed by atoms with E-state index in [0.29, 0.717) is 6.04 Å². The van der Waals surface area contributed by atoms with Gasteiger partial charge in [-0.2, -0.15) is 8.78 Å². The van der Waals surface area contributed by atoms with Crippen LogP contribution in [0.25, 0.3) is 0 Å². The van der Waals surface area contributed by atoms with Crippen molar-refractivity contribution in [1.82, 2.24) is 10.2 Å². The van der Waals surface area contributed by atoms with Crippen molar-refractivity contribution in [3.05, 3.63) is 29.8 Å². The Morgan fingerprint density at radius 2 is 2.15 bits per heavy atom. The van der Waals surface area contributed by atoms with Crippen LogP contribution in [0.2, 0.25) is 0 Å². The van der Waals surface area contributed by atoms with Crippen LogP contribution in [-0.4, -0.2) is 37.7 Å². The summed E-state index contributed by atoms with van der Waals surface area (Å²) < 4.78 is 29.5. The summed E-state index contributed by atoms with van der Waals surface area (Å²) in [7, 11) is 2.02. The maximum absolute atomic E-state index is 12.4. The standard InChI is InChI=1S/C15H22F2N2O/c1-11(19(2)10-12-6-5-9-18-12)13-7-3-4-8-14(13)20-15(16)17/h3-4,7-8,11-12,15,18H,5-6,9-10H2,1-2H3. The van der Waals surface area contributed by atoms with E-state index in [1.165, 1.54) is 12.8 Å². The van der Waals surface area contributed by atoms with Crippen LogP contribution in [0.4, 0.5) is 8.78 Å². The van der Waals surface area contributed by atoms with E-state index in [9.17, 15) is 8.78 Å². The fourth-order valence-corrected chi connectivity index (χ4v) is 2.68. The van der Waals surface area contributed by atoms with E-state index in [1.807, 2.05) is 26.1 Å². The molecule has 0 aliphatic carbocycles. The van der Waals surface area contributed by atoms with Gasteiger partial charge in [0, 0.05) is 24.2 Å². The summed E-state index contributed by atoms with van der Waals surface area (Å²) in [6.45, 7) is 1.20. The Hall–Kier alpha value is -1.20. The molecule has 112 valence electrons. The minimum Gasteiger partial charge on any atom is -0.434 e. The van der Waals surface area contributed by atoms with Crippen LogP contribution >= 0.6 is 0 Å². The molecule has 1 aliphatic rings. The molecule has 0 amide bonds. The van der Waals surface area contributed by atoms with Gasteiger partial charge in [0.05, 0.1) is 0 Å². The second-order valence-electron chi connectivity index (χ2n) is 5.33. The molecule has 1 N–H and O–H groups in total. The number of hydrogen-bond acceptors (Lipinski definition) is 3. The second kappa shape index (κ2) is 6.99. The van der Waals surface area contributed by atoms with Crippen molar-refractivity contribution >= 4 is 0 Å². The van der Waals surface area contributed by atoms with Gasteiger partial charge >= 0.3 is 6.61 Å². The molecule has 20 heavy (non-hydrogen) atoms. The Morgan fingerprint density at radius 3 is 2.80 bits per heavy atom. The highest BCUT2D eigenvalue weighted by molar-refractivity contribution is 5.35. The van der Waals surface area contributed by atoms with E-state index in [4.69, 9.17) is 0 Å². The number of likely N-dealkylation sites (N-methyl/N-ethyl adjacent to an activating group) is 1. The van der Waals surface area contributed by atoms with Crippen LogP contribution in [-0.2, 0) is 0 Å². The number of halogens is 2.